The van der Waals surface area contributed by atoms with Crippen LogP contribution in [0.25, 0.3) is 0 Å². The molecule has 0 bridgehead atoms. The van der Waals surface area contributed by atoms with E-state index in [4.69, 9.17) is 4.74 Å². The minimum atomic E-state index is 0.103. The number of carbonyl (C=O) groups excluding carboxylic acids is 1. The Morgan fingerprint density at radius 2 is 1.95 bits per heavy atom. The third-order valence-electron chi connectivity index (χ3n) is 6.92. The summed E-state index contributed by atoms with van der Waals surface area (Å²) in [6, 6.07) is 0. The fourth-order valence-electron chi connectivity index (χ4n) is 5.96. The summed E-state index contributed by atoms with van der Waals surface area (Å²) in [5, 5.41) is 0. The van der Waals surface area contributed by atoms with E-state index in [2.05, 4.69) is 27.7 Å². The van der Waals surface area contributed by atoms with Crippen molar-refractivity contribution in [2.24, 2.45) is 28.1 Å². The Morgan fingerprint density at radius 3 is 2.63 bits per heavy atom. The molecule has 3 rings (SSSR count). The summed E-state index contributed by atoms with van der Waals surface area (Å²) in [5.74, 6) is 0.944. The van der Waals surface area contributed by atoms with E-state index in [9.17, 15) is 4.79 Å². The molecule has 19 heavy (non-hydrogen) atoms. The van der Waals surface area contributed by atoms with Crippen LogP contribution in [0, 0.1) is 28.1 Å². The van der Waals surface area contributed by atoms with E-state index >= 15 is 0 Å². The molecule has 2 aliphatic carbocycles. The Hall–Kier alpha value is -0.530. The zero-order valence-electron chi connectivity index (χ0n) is 12.9. The van der Waals surface area contributed by atoms with Crippen LogP contribution in [-0.4, -0.2) is 12.6 Å². The van der Waals surface area contributed by atoms with Crippen LogP contribution in [0.4, 0.5) is 0 Å². The van der Waals surface area contributed by atoms with Crippen molar-refractivity contribution in [3.05, 3.63) is 0 Å². The lowest BCUT2D eigenvalue weighted by molar-refractivity contribution is -0.157. The largest absolute Gasteiger partial charge is 0.465 e. The molecule has 1 aliphatic heterocycles. The van der Waals surface area contributed by atoms with E-state index in [-0.39, 0.29) is 22.7 Å². The van der Waals surface area contributed by atoms with E-state index in [0.717, 1.165) is 6.42 Å². The van der Waals surface area contributed by atoms with E-state index in [0.29, 0.717) is 17.9 Å². The summed E-state index contributed by atoms with van der Waals surface area (Å²) in [6.45, 7) is 10.1. The molecular weight excluding hydrogens is 236 g/mol. The third kappa shape index (κ3) is 1.64. The van der Waals surface area contributed by atoms with Gasteiger partial charge in [0.15, 0.2) is 0 Å². The zero-order valence-corrected chi connectivity index (χ0v) is 12.9. The van der Waals surface area contributed by atoms with Gasteiger partial charge < -0.3 is 4.74 Å². The van der Waals surface area contributed by atoms with Crippen LogP contribution >= 0.6 is 0 Å². The molecule has 0 aromatic rings. The second kappa shape index (κ2) is 3.99. The van der Waals surface area contributed by atoms with E-state index in [1.807, 2.05) is 0 Å². The van der Waals surface area contributed by atoms with Gasteiger partial charge in [-0.1, -0.05) is 34.1 Å². The van der Waals surface area contributed by atoms with Crippen molar-refractivity contribution in [1.82, 2.24) is 0 Å². The molecule has 1 saturated heterocycles. The van der Waals surface area contributed by atoms with Gasteiger partial charge in [0.25, 0.3) is 0 Å². The lowest BCUT2D eigenvalue weighted by atomic mass is 9.43. The Labute approximate surface area is 117 Å². The van der Waals surface area contributed by atoms with Gasteiger partial charge in [-0.15, -0.1) is 0 Å². The first-order valence-corrected chi connectivity index (χ1v) is 8.02. The highest BCUT2D eigenvalue weighted by atomic mass is 16.5. The molecular formula is C17H28O2. The maximum atomic E-state index is 12.4. The van der Waals surface area contributed by atoms with Crippen molar-refractivity contribution >= 4 is 5.97 Å². The van der Waals surface area contributed by atoms with Crippen molar-refractivity contribution < 1.29 is 9.53 Å². The number of ether oxygens (including phenoxy) is 1. The standard InChI is InChI=1S/C17H28O2/c1-5-17-10-7-12-15(2,3)8-6-9-16(12,4)13(17)14(18)19-11-17/h12-13H,5-11H2,1-4H3. The number of esters is 1. The van der Waals surface area contributed by atoms with Gasteiger partial charge in [-0.2, -0.15) is 0 Å². The van der Waals surface area contributed by atoms with Gasteiger partial charge in [0.1, 0.15) is 0 Å². The van der Waals surface area contributed by atoms with Crippen molar-refractivity contribution in [2.75, 3.05) is 6.61 Å². The predicted molar refractivity (Wildman–Crippen MR) is 75.6 cm³/mol. The van der Waals surface area contributed by atoms with Crippen LogP contribution in [0.3, 0.4) is 0 Å². The normalized spacial score (nSPS) is 48.3. The number of hydrogen-bond donors (Lipinski definition) is 0. The molecule has 2 saturated carbocycles. The van der Waals surface area contributed by atoms with E-state index < -0.39 is 0 Å². The van der Waals surface area contributed by atoms with E-state index in [1.165, 1.54) is 32.1 Å². The highest BCUT2D eigenvalue weighted by Crippen LogP contribution is 2.66. The van der Waals surface area contributed by atoms with Gasteiger partial charge in [0.05, 0.1) is 12.5 Å². The summed E-state index contributed by atoms with van der Waals surface area (Å²) in [4.78, 5) is 12.4. The Bertz CT molecular complexity index is 400. The summed E-state index contributed by atoms with van der Waals surface area (Å²) in [5.41, 5.74) is 0.703. The lowest BCUT2D eigenvalue weighted by Crippen LogP contribution is -2.56. The van der Waals surface area contributed by atoms with E-state index in [1.54, 1.807) is 0 Å². The maximum absolute atomic E-state index is 12.4. The fraction of sp³-hybridized carbons (Fsp3) is 0.941. The summed E-state index contributed by atoms with van der Waals surface area (Å²) >= 11 is 0. The number of carbonyl (C=O) groups is 1. The number of hydrogen-bond acceptors (Lipinski definition) is 2. The second-order valence-corrected chi connectivity index (χ2v) is 8.20. The average Bonchev–Trinajstić information content (AvgIpc) is 2.68. The Kier molecular flexibility index (Phi) is 2.82. The van der Waals surface area contributed by atoms with Gasteiger partial charge in [0.2, 0.25) is 0 Å². The van der Waals surface area contributed by atoms with Crippen LogP contribution < -0.4 is 0 Å². The Balaban J connectivity index is 2.04. The lowest BCUT2D eigenvalue weighted by Gasteiger charge is -2.59. The number of rotatable bonds is 1. The minimum absolute atomic E-state index is 0.103. The molecule has 2 heteroatoms. The van der Waals surface area contributed by atoms with Crippen LogP contribution in [0.1, 0.15) is 66.2 Å². The van der Waals surface area contributed by atoms with Gasteiger partial charge in [-0.25, -0.2) is 0 Å². The first-order valence-electron chi connectivity index (χ1n) is 8.02. The third-order valence-corrected chi connectivity index (χ3v) is 6.92. The van der Waals surface area contributed by atoms with Gasteiger partial charge in [-0.3, -0.25) is 4.79 Å². The Morgan fingerprint density at radius 1 is 1.21 bits per heavy atom. The van der Waals surface area contributed by atoms with Gasteiger partial charge in [-0.05, 0) is 48.9 Å². The molecule has 0 spiro atoms. The van der Waals surface area contributed by atoms with Crippen LogP contribution in [-0.2, 0) is 9.53 Å². The fourth-order valence-corrected chi connectivity index (χ4v) is 5.96. The molecule has 0 amide bonds. The molecule has 2 nitrogen and oxygen atoms in total. The van der Waals surface area contributed by atoms with Crippen LogP contribution in [0.2, 0.25) is 0 Å². The second-order valence-electron chi connectivity index (χ2n) is 8.20. The number of cyclic esters (lactones) is 1. The smallest absolute Gasteiger partial charge is 0.310 e. The molecule has 4 unspecified atom stereocenters. The van der Waals surface area contributed by atoms with Crippen molar-refractivity contribution in [2.45, 2.75) is 66.2 Å². The van der Waals surface area contributed by atoms with Crippen LogP contribution in [0.5, 0.6) is 0 Å². The first-order chi connectivity index (χ1) is 8.86. The molecule has 0 radical (unpaired) electrons. The van der Waals surface area contributed by atoms with Gasteiger partial charge in [0, 0.05) is 5.41 Å². The highest BCUT2D eigenvalue weighted by Gasteiger charge is 2.64. The van der Waals surface area contributed by atoms with Crippen molar-refractivity contribution in [3.63, 3.8) is 0 Å². The first kappa shape index (κ1) is 13.5. The molecule has 108 valence electrons. The molecule has 3 fully saturated rings. The monoisotopic (exact) mass is 264 g/mol. The van der Waals surface area contributed by atoms with Crippen molar-refractivity contribution in [3.8, 4) is 0 Å². The minimum Gasteiger partial charge on any atom is -0.465 e. The van der Waals surface area contributed by atoms with Crippen molar-refractivity contribution in [1.29, 1.82) is 0 Å². The molecule has 3 aliphatic rings. The number of fused-ring (bicyclic) bond motifs is 3. The molecule has 4 atom stereocenters. The highest BCUT2D eigenvalue weighted by molar-refractivity contribution is 5.77. The molecule has 0 aromatic carbocycles. The summed E-state index contributed by atoms with van der Waals surface area (Å²) < 4.78 is 5.54. The summed E-state index contributed by atoms with van der Waals surface area (Å²) in [6.07, 6.45) is 7.35. The quantitative estimate of drug-likeness (QED) is 0.664. The topological polar surface area (TPSA) is 26.3 Å². The average molecular weight is 264 g/mol. The van der Waals surface area contributed by atoms with Gasteiger partial charge >= 0.3 is 5.97 Å². The molecule has 0 N–H and O–H groups in total. The molecule has 0 aromatic heterocycles. The van der Waals surface area contributed by atoms with Crippen LogP contribution in [0.15, 0.2) is 0 Å². The maximum Gasteiger partial charge on any atom is 0.310 e. The molecule has 1 heterocycles. The predicted octanol–water partition coefficient (Wildman–Crippen LogP) is 4.18. The zero-order chi connectivity index (χ0) is 13.9. The SMILES string of the molecule is CCC12CCC3C(C)(C)CCCC3(C)C1C(=O)OC2. The summed E-state index contributed by atoms with van der Waals surface area (Å²) in [7, 11) is 0.